The Hall–Kier alpha value is -6.95. The molecule has 4 N–H and O–H groups in total. The second-order valence-corrected chi connectivity index (χ2v) is 14.1. The van der Waals surface area contributed by atoms with Gasteiger partial charge in [0.1, 0.15) is 29.4 Å². The van der Waals surface area contributed by atoms with Crippen molar-refractivity contribution in [2.45, 2.75) is 63.2 Å². The molecule has 58 heavy (non-hydrogen) atoms. The largest absolute Gasteiger partial charge is 0.453 e. The van der Waals surface area contributed by atoms with E-state index >= 15 is 0 Å². The Morgan fingerprint density at radius 1 is 0.724 bits per heavy atom. The van der Waals surface area contributed by atoms with Gasteiger partial charge in [-0.05, 0) is 73.4 Å². The van der Waals surface area contributed by atoms with E-state index in [1.807, 2.05) is 61.5 Å². The molecule has 4 amide bonds. The first-order valence-electron chi connectivity index (χ1n) is 19.3. The first-order valence-corrected chi connectivity index (χ1v) is 19.3. The molecule has 2 aliphatic heterocycles. The Kier molecular flexibility index (Phi) is 12.1. The zero-order valence-electron chi connectivity index (χ0n) is 32.5. The van der Waals surface area contributed by atoms with Crippen molar-refractivity contribution in [3.63, 3.8) is 0 Å². The van der Waals surface area contributed by atoms with E-state index in [9.17, 15) is 19.2 Å². The SMILES string of the molecule is CCC(NC(=O)OC)C(=O)N1CCCC1c1ncc(-c2ccc(C#Cc3ccc(-c4cnc(C5CCCN5C(=O)C(NC(=O)OC)c5ccccc5)[nH]4)cn3)cc2)[nH]1. The molecule has 4 unspecified atom stereocenters. The molecule has 0 bridgehead atoms. The number of rotatable bonds is 10. The zero-order valence-corrected chi connectivity index (χ0v) is 32.5. The van der Waals surface area contributed by atoms with Gasteiger partial charge < -0.3 is 39.9 Å². The van der Waals surface area contributed by atoms with Crippen LogP contribution >= 0.6 is 0 Å². The minimum atomic E-state index is -0.892. The summed E-state index contributed by atoms with van der Waals surface area (Å²) in [4.78, 5) is 75.2. The Morgan fingerprint density at radius 2 is 1.31 bits per heavy atom. The third kappa shape index (κ3) is 8.71. The number of pyridine rings is 1. The highest BCUT2D eigenvalue weighted by Crippen LogP contribution is 2.35. The molecule has 0 aliphatic carbocycles. The predicted octanol–water partition coefficient (Wildman–Crippen LogP) is 5.82. The molecule has 2 fully saturated rings. The number of alkyl carbamates (subject to hydrolysis) is 2. The van der Waals surface area contributed by atoms with E-state index < -0.39 is 24.3 Å². The molecule has 2 aromatic carbocycles. The molecule has 0 spiro atoms. The van der Waals surface area contributed by atoms with Gasteiger partial charge in [0.15, 0.2) is 0 Å². The molecule has 7 rings (SSSR count). The van der Waals surface area contributed by atoms with E-state index in [1.54, 1.807) is 40.5 Å². The third-order valence-corrected chi connectivity index (χ3v) is 10.5. The smallest absolute Gasteiger partial charge is 0.407 e. The summed E-state index contributed by atoms with van der Waals surface area (Å²) >= 11 is 0. The molecule has 298 valence electrons. The summed E-state index contributed by atoms with van der Waals surface area (Å²) in [5, 5.41) is 5.33. The minimum absolute atomic E-state index is 0.150. The zero-order chi connectivity index (χ0) is 40.6. The van der Waals surface area contributed by atoms with E-state index in [2.05, 4.69) is 47.4 Å². The average Bonchev–Trinajstić information content (AvgIpc) is 4.11. The average molecular weight is 784 g/mol. The van der Waals surface area contributed by atoms with Crippen LogP contribution in [0.5, 0.6) is 0 Å². The number of nitrogens with one attached hydrogen (secondary N) is 4. The van der Waals surface area contributed by atoms with Crippen LogP contribution in [-0.4, -0.2) is 92.1 Å². The molecule has 15 nitrogen and oxygen atoms in total. The van der Waals surface area contributed by atoms with Crippen molar-refractivity contribution in [1.82, 2.24) is 45.4 Å². The second kappa shape index (κ2) is 17.9. The van der Waals surface area contributed by atoms with Crippen LogP contribution in [-0.2, 0) is 19.1 Å². The van der Waals surface area contributed by atoms with Crippen molar-refractivity contribution >= 4 is 24.0 Å². The number of benzene rings is 2. The topological polar surface area (TPSA) is 188 Å². The van der Waals surface area contributed by atoms with Crippen molar-refractivity contribution in [2.24, 2.45) is 0 Å². The second-order valence-electron chi connectivity index (χ2n) is 14.1. The molecule has 0 radical (unpaired) electrons. The molecular weight excluding hydrogens is 739 g/mol. The first-order chi connectivity index (χ1) is 28.3. The van der Waals surface area contributed by atoms with E-state index in [-0.39, 0.29) is 23.9 Å². The Balaban J connectivity index is 0.977. The number of hydrogen-bond donors (Lipinski definition) is 4. The minimum Gasteiger partial charge on any atom is -0.453 e. The fourth-order valence-corrected chi connectivity index (χ4v) is 7.45. The van der Waals surface area contributed by atoms with Gasteiger partial charge in [0, 0.05) is 30.4 Å². The maximum Gasteiger partial charge on any atom is 0.407 e. The summed E-state index contributed by atoms with van der Waals surface area (Å²) in [6.45, 7) is 2.98. The van der Waals surface area contributed by atoms with Crippen LogP contribution < -0.4 is 10.6 Å². The number of methoxy groups -OCH3 is 2. The van der Waals surface area contributed by atoms with Gasteiger partial charge in [-0.3, -0.25) is 9.59 Å². The van der Waals surface area contributed by atoms with Crippen molar-refractivity contribution in [1.29, 1.82) is 0 Å². The molecule has 3 aromatic heterocycles. The highest BCUT2D eigenvalue weighted by Gasteiger charge is 2.38. The van der Waals surface area contributed by atoms with Crippen molar-refractivity contribution in [2.75, 3.05) is 27.3 Å². The van der Waals surface area contributed by atoms with Gasteiger partial charge in [0.2, 0.25) is 5.91 Å². The summed E-state index contributed by atoms with van der Waals surface area (Å²) in [6.07, 6.45) is 7.53. The van der Waals surface area contributed by atoms with Gasteiger partial charge in [0.05, 0.1) is 50.1 Å². The first kappa shape index (κ1) is 39.3. The molecule has 15 heteroatoms. The van der Waals surface area contributed by atoms with Crippen LogP contribution in [0.25, 0.3) is 22.5 Å². The number of ether oxygens (including phenoxy) is 2. The van der Waals surface area contributed by atoms with Crippen molar-refractivity contribution in [3.05, 3.63) is 114 Å². The number of carbonyl (C=O) groups excluding carboxylic acids is 4. The number of aromatic nitrogens is 5. The Morgan fingerprint density at radius 3 is 1.90 bits per heavy atom. The van der Waals surface area contributed by atoms with E-state index in [1.165, 1.54) is 14.2 Å². The number of H-pyrrole nitrogens is 2. The number of hydrogen-bond acceptors (Lipinski definition) is 9. The molecule has 2 saturated heterocycles. The number of likely N-dealkylation sites (tertiary alicyclic amines) is 2. The van der Waals surface area contributed by atoms with Crippen LogP contribution in [0.1, 0.15) is 85.6 Å². The summed E-state index contributed by atoms with van der Waals surface area (Å²) < 4.78 is 9.50. The van der Waals surface area contributed by atoms with Crippen LogP contribution in [0, 0.1) is 11.8 Å². The highest BCUT2D eigenvalue weighted by atomic mass is 16.5. The van der Waals surface area contributed by atoms with Crippen molar-refractivity contribution in [3.8, 4) is 34.4 Å². The number of carbonyl (C=O) groups is 4. The maximum atomic E-state index is 13.8. The summed E-state index contributed by atoms with van der Waals surface area (Å²) in [6, 6.07) is 18.6. The van der Waals surface area contributed by atoms with Crippen molar-refractivity contribution < 1.29 is 28.7 Å². The molecule has 0 saturated carbocycles. The van der Waals surface area contributed by atoms with Crippen LogP contribution in [0.3, 0.4) is 0 Å². The van der Waals surface area contributed by atoms with Gasteiger partial charge in [-0.2, -0.15) is 0 Å². The van der Waals surface area contributed by atoms with E-state index in [0.717, 1.165) is 53.8 Å². The lowest BCUT2D eigenvalue weighted by atomic mass is 10.1. The monoisotopic (exact) mass is 783 g/mol. The van der Waals surface area contributed by atoms with E-state index in [4.69, 9.17) is 9.47 Å². The number of aromatic amines is 2. The van der Waals surface area contributed by atoms with E-state index in [0.29, 0.717) is 42.4 Å². The molecule has 4 atom stereocenters. The lowest BCUT2D eigenvalue weighted by Gasteiger charge is -2.28. The fourth-order valence-electron chi connectivity index (χ4n) is 7.45. The summed E-state index contributed by atoms with van der Waals surface area (Å²) in [7, 11) is 2.55. The highest BCUT2D eigenvalue weighted by molar-refractivity contribution is 5.88. The predicted molar refractivity (Wildman–Crippen MR) is 214 cm³/mol. The lowest BCUT2D eigenvalue weighted by Crippen LogP contribution is -2.48. The Bertz CT molecular complexity index is 2300. The van der Waals surface area contributed by atoms with Crippen LogP contribution in [0.15, 0.2) is 85.3 Å². The van der Waals surface area contributed by atoms with Gasteiger partial charge in [-0.1, -0.05) is 55.3 Å². The van der Waals surface area contributed by atoms with Gasteiger partial charge in [-0.25, -0.2) is 24.5 Å². The molecule has 5 heterocycles. The third-order valence-electron chi connectivity index (χ3n) is 10.5. The maximum absolute atomic E-state index is 13.8. The van der Waals surface area contributed by atoms with Gasteiger partial charge >= 0.3 is 12.2 Å². The normalized spacial score (nSPS) is 17.2. The standard InChI is InChI=1S/C43H45N9O6/c1-4-32(49-42(55)57-2)40(53)51-22-8-12-35(51)38-45-25-33(47-38)28-17-14-27(15-18-28)16-20-31-21-19-30(24-44-31)34-26-46-39(48-34)36-13-9-23-52(36)41(54)37(50-43(56)58-3)29-10-6-5-7-11-29/h5-7,10-11,14-15,17-19,21,24-26,32,35-37H,4,8-9,12-13,22-23H2,1-3H3,(H,45,47)(H,46,48)(H,49,55)(H,50,56). The van der Waals surface area contributed by atoms with Crippen LogP contribution in [0.2, 0.25) is 0 Å². The number of amides is 4. The lowest BCUT2D eigenvalue weighted by molar-refractivity contribution is -0.135. The molecule has 2 aliphatic rings. The molecule has 5 aromatic rings. The quantitative estimate of drug-likeness (QED) is 0.127. The Labute approximate surface area is 336 Å². The van der Waals surface area contributed by atoms with Gasteiger partial charge in [0.25, 0.3) is 5.91 Å². The number of imidazole rings is 2. The number of nitrogens with zero attached hydrogens (tertiary/aromatic N) is 5. The summed E-state index contributed by atoms with van der Waals surface area (Å²) in [5.74, 6) is 7.30. The van der Waals surface area contributed by atoms with Crippen LogP contribution in [0.4, 0.5) is 9.59 Å². The summed E-state index contributed by atoms with van der Waals surface area (Å²) in [5.41, 5.74) is 5.43. The fraction of sp³-hybridized carbons (Fsp3) is 0.326. The van der Waals surface area contributed by atoms with Gasteiger partial charge in [-0.15, -0.1) is 0 Å². The molecular formula is C43H45N9O6.